The van der Waals surface area contributed by atoms with E-state index in [0.29, 0.717) is 24.5 Å². The van der Waals surface area contributed by atoms with Crippen LogP contribution in [0.15, 0.2) is 67.4 Å². The summed E-state index contributed by atoms with van der Waals surface area (Å²) in [6, 6.07) is 11.3. The highest BCUT2D eigenvalue weighted by Gasteiger charge is 2.31. The number of ketones is 2. The number of aromatic nitrogens is 6. The van der Waals surface area contributed by atoms with Gasteiger partial charge >= 0.3 is 0 Å². The number of nitrogens with zero attached hydrogens (tertiary/aromatic N) is 7. The predicted octanol–water partition coefficient (Wildman–Crippen LogP) is 2.94. The minimum atomic E-state index is -0.828. The van der Waals surface area contributed by atoms with Crippen molar-refractivity contribution in [1.82, 2.24) is 34.8 Å². The van der Waals surface area contributed by atoms with Crippen LogP contribution in [0.5, 0.6) is 0 Å². The quantitative estimate of drug-likeness (QED) is 0.241. The Kier molecular flexibility index (Phi) is 6.79. The number of aryl methyl sites for hydroxylation is 1. The molecule has 11 nitrogen and oxygen atoms in total. The largest absolute Gasteiger partial charge is 0.357 e. The Morgan fingerprint density at radius 1 is 0.976 bits per heavy atom. The van der Waals surface area contributed by atoms with Gasteiger partial charge in [0.1, 0.15) is 5.82 Å². The number of carbonyl (C=O) groups is 3. The van der Waals surface area contributed by atoms with Crippen LogP contribution in [0.3, 0.4) is 0 Å². The second-order valence-corrected chi connectivity index (χ2v) is 9.80. The van der Waals surface area contributed by atoms with Gasteiger partial charge in [-0.05, 0) is 24.6 Å². The Hall–Kier alpha value is -5.26. The highest BCUT2D eigenvalue weighted by Crippen LogP contribution is 2.27. The predicted molar refractivity (Wildman–Crippen MR) is 148 cm³/mol. The molecule has 0 radical (unpaired) electrons. The molecule has 6 rings (SSSR count). The van der Waals surface area contributed by atoms with E-state index in [9.17, 15) is 18.8 Å². The van der Waals surface area contributed by atoms with Gasteiger partial charge in [-0.3, -0.25) is 14.4 Å². The SMILES string of the molecule is Cc1cccc(CC(=O)c2cccnc2N2CCN(C(=O)C(=O)c3c[nH]c4c(-n5ccnn5)ncc(F)c34)CC2)c1. The molecular weight excluding hydrogens is 527 g/mol. The maximum absolute atomic E-state index is 14.8. The van der Waals surface area contributed by atoms with E-state index < -0.39 is 17.5 Å². The standard InChI is InChI=1S/C29H25FN8O3/c1-18-4-2-5-19(14-18)15-23(39)20-6-3-7-31-27(20)36-10-12-37(13-11-36)29(41)26(40)21-16-32-25-24(21)22(30)17-33-28(25)38-9-8-34-35-38/h2-9,14,16-17,32H,10-13,15H2,1H3. The molecule has 1 fully saturated rings. The third kappa shape index (κ3) is 4.95. The molecule has 0 aliphatic carbocycles. The van der Waals surface area contributed by atoms with Crippen molar-refractivity contribution in [3.05, 3.63) is 95.5 Å². The van der Waals surface area contributed by atoms with Crippen LogP contribution in [0.2, 0.25) is 0 Å². The second kappa shape index (κ2) is 10.7. The maximum Gasteiger partial charge on any atom is 0.295 e. The zero-order valence-electron chi connectivity index (χ0n) is 22.1. The number of anilines is 1. The van der Waals surface area contributed by atoms with E-state index >= 15 is 0 Å². The van der Waals surface area contributed by atoms with Crippen LogP contribution >= 0.6 is 0 Å². The molecule has 1 amide bonds. The lowest BCUT2D eigenvalue weighted by atomic mass is 10.0. The molecule has 0 spiro atoms. The zero-order valence-corrected chi connectivity index (χ0v) is 22.1. The number of carbonyl (C=O) groups excluding carboxylic acids is 3. The van der Waals surface area contributed by atoms with Crippen LogP contribution in [-0.4, -0.2) is 78.5 Å². The normalized spacial score (nSPS) is 13.5. The molecule has 1 saturated heterocycles. The van der Waals surface area contributed by atoms with Gasteiger partial charge in [-0.1, -0.05) is 35.0 Å². The molecule has 206 valence electrons. The van der Waals surface area contributed by atoms with Crippen molar-refractivity contribution in [3.8, 4) is 5.82 Å². The first kappa shape index (κ1) is 26.0. The van der Waals surface area contributed by atoms with E-state index in [1.807, 2.05) is 36.1 Å². The van der Waals surface area contributed by atoms with Crippen LogP contribution in [0.4, 0.5) is 10.2 Å². The number of fused-ring (bicyclic) bond motifs is 1. The van der Waals surface area contributed by atoms with E-state index in [1.54, 1.807) is 18.3 Å². The molecule has 4 aromatic heterocycles. The average Bonchev–Trinajstić information content (AvgIpc) is 3.68. The molecule has 41 heavy (non-hydrogen) atoms. The van der Waals surface area contributed by atoms with Crippen LogP contribution in [0, 0.1) is 12.7 Å². The molecule has 0 atom stereocenters. The Morgan fingerprint density at radius 3 is 2.56 bits per heavy atom. The number of hydrogen-bond acceptors (Lipinski definition) is 8. The number of amides is 1. The summed E-state index contributed by atoms with van der Waals surface area (Å²) in [6.45, 7) is 3.22. The first-order chi connectivity index (χ1) is 19.9. The smallest absolute Gasteiger partial charge is 0.295 e. The van der Waals surface area contributed by atoms with Gasteiger partial charge in [0.2, 0.25) is 0 Å². The van der Waals surface area contributed by atoms with Gasteiger partial charge in [0.25, 0.3) is 11.7 Å². The monoisotopic (exact) mass is 552 g/mol. The van der Waals surface area contributed by atoms with Crippen molar-refractivity contribution in [3.63, 3.8) is 0 Å². The molecule has 1 aliphatic heterocycles. The minimum Gasteiger partial charge on any atom is -0.357 e. The van der Waals surface area contributed by atoms with Crippen molar-refractivity contribution in [2.75, 3.05) is 31.1 Å². The number of H-pyrrole nitrogens is 1. The van der Waals surface area contributed by atoms with Crippen molar-refractivity contribution < 1.29 is 18.8 Å². The number of nitrogens with one attached hydrogen (secondary N) is 1. The minimum absolute atomic E-state index is 0.0345. The summed E-state index contributed by atoms with van der Waals surface area (Å²) < 4.78 is 16.2. The van der Waals surface area contributed by atoms with E-state index in [0.717, 1.165) is 17.3 Å². The Labute approximate surface area is 233 Å². The Bertz CT molecular complexity index is 1770. The summed E-state index contributed by atoms with van der Waals surface area (Å²) in [5, 5.41) is 7.57. The molecule has 0 unspecified atom stereocenters. The number of rotatable bonds is 7. The fourth-order valence-electron chi connectivity index (χ4n) is 5.12. The highest BCUT2D eigenvalue weighted by atomic mass is 19.1. The van der Waals surface area contributed by atoms with Gasteiger partial charge in [0.15, 0.2) is 17.4 Å². The fourth-order valence-corrected chi connectivity index (χ4v) is 5.12. The first-order valence-electron chi connectivity index (χ1n) is 13.1. The first-order valence-corrected chi connectivity index (χ1v) is 13.1. The topological polar surface area (TPSA) is 130 Å². The lowest BCUT2D eigenvalue weighted by Gasteiger charge is -2.35. The number of aromatic amines is 1. The van der Waals surface area contributed by atoms with Crippen molar-refractivity contribution in [1.29, 1.82) is 0 Å². The molecule has 1 aliphatic rings. The van der Waals surface area contributed by atoms with Crippen LogP contribution in [0.1, 0.15) is 31.8 Å². The van der Waals surface area contributed by atoms with Crippen LogP contribution < -0.4 is 4.90 Å². The molecule has 1 aromatic carbocycles. The van der Waals surface area contributed by atoms with Gasteiger partial charge in [0, 0.05) is 45.0 Å². The van der Waals surface area contributed by atoms with Crippen molar-refractivity contribution in [2.24, 2.45) is 0 Å². The molecule has 1 N–H and O–H groups in total. The summed E-state index contributed by atoms with van der Waals surface area (Å²) in [5.74, 6) is -1.54. The lowest BCUT2D eigenvalue weighted by molar-refractivity contribution is -0.126. The lowest BCUT2D eigenvalue weighted by Crippen LogP contribution is -2.51. The number of piperazine rings is 1. The summed E-state index contributed by atoms with van der Waals surface area (Å²) in [7, 11) is 0. The fraction of sp³-hybridized carbons (Fsp3) is 0.207. The number of hydrogen-bond donors (Lipinski definition) is 1. The molecular formula is C29H25FN8O3. The van der Waals surface area contributed by atoms with Gasteiger partial charge in [-0.15, -0.1) is 5.10 Å². The zero-order chi connectivity index (χ0) is 28.5. The Balaban J connectivity index is 1.17. The summed E-state index contributed by atoms with van der Waals surface area (Å²) in [5.41, 5.74) is 2.67. The maximum atomic E-state index is 14.8. The third-order valence-corrected chi connectivity index (χ3v) is 7.12. The molecule has 0 saturated carbocycles. The highest BCUT2D eigenvalue weighted by molar-refractivity contribution is 6.45. The second-order valence-electron chi connectivity index (χ2n) is 9.80. The summed E-state index contributed by atoms with van der Waals surface area (Å²) in [6.07, 6.45) is 7.17. The summed E-state index contributed by atoms with van der Waals surface area (Å²) >= 11 is 0. The van der Waals surface area contributed by atoms with E-state index in [1.165, 1.54) is 28.2 Å². The molecule has 5 heterocycles. The van der Waals surface area contributed by atoms with Gasteiger partial charge in [0.05, 0.1) is 40.6 Å². The number of benzene rings is 1. The number of pyridine rings is 2. The van der Waals surface area contributed by atoms with Crippen molar-refractivity contribution >= 4 is 34.2 Å². The third-order valence-electron chi connectivity index (χ3n) is 7.12. The van der Waals surface area contributed by atoms with E-state index in [4.69, 9.17) is 0 Å². The average molecular weight is 553 g/mol. The van der Waals surface area contributed by atoms with E-state index in [-0.39, 0.29) is 47.6 Å². The molecule has 5 aromatic rings. The van der Waals surface area contributed by atoms with Crippen molar-refractivity contribution in [2.45, 2.75) is 13.3 Å². The van der Waals surface area contributed by atoms with Crippen LogP contribution in [0.25, 0.3) is 16.7 Å². The Morgan fingerprint density at radius 2 is 1.80 bits per heavy atom. The van der Waals surface area contributed by atoms with Gasteiger partial charge in [-0.25, -0.2) is 19.0 Å². The van der Waals surface area contributed by atoms with E-state index in [2.05, 4.69) is 25.3 Å². The molecule has 12 heteroatoms. The van der Waals surface area contributed by atoms with Gasteiger partial charge in [-0.2, -0.15) is 0 Å². The number of halogens is 1. The summed E-state index contributed by atoms with van der Waals surface area (Å²) in [4.78, 5) is 54.4. The van der Waals surface area contributed by atoms with Crippen LogP contribution in [-0.2, 0) is 11.2 Å². The molecule has 0 bridgehead atoms. The van der Waals surface area contributed by atoms with Gasteiger partial charge < -0.3 is 14.8 Å². The number of Topliss-reactive ketones (excluding diaryl/α,β-unsaturated/α-hetero) is 2.